The molecule has 2 aliphatic carbocycles. The summed E-state index contributed by atoms with van der Waals surface area (Å²) in [6.45, 7) is 4.14. The Kier molecular flexibility index (Phi) is 4.25. The molecule has 2 aliphatic heterocycles. The van der Waals surface area contributed by atoms with E-state index >= 15 is 0 Å². The first-order valence-corrected chi connectivity index (χ1v) is 9.53. The molecule has 0 amide bonds. The van der Waals surface area contributed by atoms with Crippen molar-refractivity contribution in [2.24, 2.45) is 22.7 Å². The summed E-state index contributed by atoms with van der Waals surface area (Å²) < 4.78 is 10.1. The Labute approximate surface area is 157 Å². The van der Waals surface area contributed by atoms with Gasteiger partial charge in [-0.25, -0.2) is 9.59 Å². The summed E-state index contributed by atoms with van der Waals surface area (Å²) in [5.74, 6) is -1.30. The van der Waals surface area contributed by atoms with Crippen LogP contribution in [0.4, 0.5) is 0 Å². The van der Waals surface area contributed by atoms with Crippen molar-refractivity contribution in [2.75, 3.05) is 6.61 Å². The molecular weight excluding hydrogens is 352 g/mol. The Hall–Kier alpha value is -1.70. The van der Waals surface area contributed by atoms with E-state index in [-0.39, 0.29) is 24.4 Å². The molecule has 1 saturated heterocycles. The molecule has 0 aromatic rings. The highest BCUT2D eigenvalue weighted by molar-refractivity contribution is 5.93. The molecule has 0 aromatic heterocycles. The Bertz CT molecular complexity index is 741. The number of hydrogen-bond acceptors (Lipinski definition) is 7. The van der Waals surface area contributed by atoms with Crippen molar-refractivity contribution in [3.05, 3.63) is 23.3 Å². The number of carbonyl (C=O) groups is 2. The lowest BCUT2D eigenvalue weighted by molar-refractivity contribution is -0.162. The molecule has 7 atom stereocenters. The lowest BCUT2D eigenvalue weighted by Crippen LogP contribution is -2.60. The minimum Gasteiger partial charge on any atom is -0.461 e. The maximum Gasteiger partial charge on any atom is 0.336 e. The van der Waals surface area contributed by atoms with Gasteiger partial charge < -0.3 is 24.8 Å². The molecule has 0 radical (unpaired) electrons. The number of ether oxygens (including phenoxy) is 2. The second kappa shape index (κ2) is 6.15. The van der Waals surface area contributed by atoms with Gasteiger partial charge in [0.2, 0.25) is 6.29 Å². The van der Waals surface area contributed by atoms with Crippen molar-refractivity contribution in [1.29, 1.82) is 0 Å². The summed E-state index contributed by atoms with van der Waals surface area (Å²) in [5, 5.41) is 31.2. The Morgan fingerprint density at radius 3 is 2.59 bits per heavy atom. The molecule has 7 heteroatoms. The molecule has 1 saturated carbocycles. The molecule has 1 unspecified atom stereocenters. The van der Waals surface area contributed by atoms with Gasteiger partial charge in [0, 0.05) is 22.5 Å². The predicted molar refractivity (Wildman–Crippen MR) is 92.9 cm³/mol. The van der Waals surface area contributed by atoms with E-state index in [4.69, 9.17) is 9.47 Å². The summed E-state index contributed by atoms with van der Waals surface area (Å²) >= 11 is 0. The molecule has 3 N–H and O–H groups in total. The van der Waals surface area contributed by atoms with Crippen molar-refractivity contribution in [3.63, 3.8) is 0 Å². The monoisotopic (exact) mass is 378 g/mol. The van der Waals surface area contributed by atoms with Gasteiger partial charge in [0.25, 0.3) is 0 Å². The minimum atomic E-state index is -1.21. The number of esters is 2. The van der Waals surface area contributed by atoms with Gasteiger partial charge in [-0.3, -0.25) is 0 Å². The summed E-state index contributed by atoms with van der Waals surface area (Å²) in [4.78, 5) is 24.1. The highest BCUT2D eigenvalue weighted by Crippen LogP contribution is 2.64. The zero-order chi connectivity index (χ0) is 19.6. The molecule has 1 spiro atoms. The van der Waals surface area contributed by atoms with E-state index in [1.165, 1.54) is 6.08 Å². The van der Waals surface area contributed by atoms with E-state index in [0.717, 1.165) is 0 Å². The number of carbonyl (C=O) groups excluding carboxylic acids is 2. The topological polar surface area (TPSA) is 113 Å². The first kappa shape index (κ1) is 18.7. The molecule has 0 aromatic carbocycles. The minimum absolute atomic E-state index is 0.138. The third-order valence-corrected chi connectivity index (χ3v) is 7.43. The first-order chi connectivity index (χ1) is 12.7. The Morgan fingerprint density at radius 2 is 1.93 bits per heavy atom. The van der Waals surface area contributed by atoms with Crippen molar-refractivity contribution in [3.8, 4) is 0 Å². The van der Waals surface area contributed by atoms with Gasteiger partial charge in [0.1, 0.15) is 6.61 Å². The average Bonchev–Trinajstić information content (AvgIpc) is 3.09. The van der Waals surface area contributed by atoms with Gasteiger partial charge >= 0.3 is 11.9 Å². The number of aliphatic hydroxyl groups excluding tert-OH is 3. The van der Waals surface area contributed by atoms with E-state index in [1.54, 1.807) is 6.08 Å². The van der Waals surface area contributed by atoms with Crippen molar-refractivity contribution >= 4 is 11.9 Å². The predicted octanol–water partition coefficient (Wildman–Crippen LogP) is 0.826. The summed E-state index contributed by atoms with van der Waals surface area (Å²) in [7, 11) is 0. The highest BCUT2D eigenvalue weighted by Gasteiger charge is 2.65. The SMILES string of the molecule is C[C@@H]1[C@H](O)C[C@@]23COC(=O)C2=CC[C@H](O)[C@@H]3[C@@]1(C)CCC1=CC(O)OC1=O. The number of aliphatic hydroxyl groups is 3. The zero-order valence-corrected chi connectivity index (χ0v) is 15.6. The van der Waals surface area contributed by atoms with Crippen LogP contribution < -0.4 is 0 Å². The van der Waals surface area contributed by atoms with Gasteiger partial charge in [-0.05, 0) is 43.1 Å². The first-order valence-electron chi connectivity index (χ1n) is 9.53. The Balaban J connectivity index is 1.70. The number of hydrogen-bond donors (Lipinski definition) is 3. The van der Waals surface area contributed by atoms with Gasteiger partial charge in [0.15, 0.2) is 0 Å². The van der Waals surface area contributed by atoms with Crippen LogP contribution in [0.15, 0.2) is 23.3 Å². The second-order valence-corrected chi connectivity index (χ2v) is 8.68. The summed E-state index contributed by atoms with van der Waals surface area (Å²) in [5.41, 5.74) is -0.242. The van der Waals surface area contributed by atoms with Crippen LogP contribution >= 0.6 is 0 Å². The molecule has 4 aliphatic rings. The maximum atomic E-state index is 12.3. The standard InChI is InChI=1S/C20H26O7/c1-10-14(22)8-20-9-26-18(25)12(20)3-4-13(21)16(20)19(10,2)6-5-11-7-15(23)27-17(11)24/h3,7,10,13-16,21-23H,4-6,8-9H2,1-2H3/t10-,13+,14-,15?,16-,19+,20-/m1/s1. The highest BCUT2D eigenvalue weighted by atomic mass is 16.6. The molecule has 27 heavy (non-hydrogen) atoms. The summed E-state index contributed by atoms with van der Waals surface area (Å²) in [6.07, 6.45) is 2.29. The fraction of sp³-hybridized carbons (Fsp3) is 0.700. The van der Waals surface area contributed by atoms with Crippen molar-refractivity contribution < 1.29 is 34.4 Å². The van der Waals surface area contributed by atoms with Crippen LogP contribution in [0.1, 0.15) is 39.5 Å². The van der Waals surface area contributed by atoms with Gasteiger partial charge in [-0.1, -0.05) is 19.9 Å². The summed E-state index contributed by atoms with van der Waals surface area (Å²) in [6, 6.07) is 0. The van der Waals surface area contributed by atoms with E-state index in [2.05, 4.69) is 0 Å². The van der Waals surface area contributed by atoms with Crippen LogP contribution in [0.3, 0.4) is 0 Å². The molecule has 2 heterocycles. The molecule has 2 fully saturated rings. The van der Waals surface area contributed by atoms with Gasteiger partial charge in [-0.2, -0.15) is 0 Å². The molecular formula is C20H26O7. The normalized spacial score (nSPS) is 46.2. The van der Waals surface area contributed by atoms with Gasteiger partial charge in [-0.15, -0.1) is 0 Å². The average molecular weight is 378 g/mol. The van der Waals surface area contributed by atoms with E-state index < -0.39 is 35.3 Å². The van der Waals surface area contributed by atoms with E-state index in [0.29, 0.717) is 36.8 Å². The molecule has 148 valence electrons. The lowest BCUT2D eigenvalue weighted by Gasteiger charge is -2.59. The van der Waals surface area contributed by atoms with Gasteiger partial charge in [0.05, 0.1) is 12.2 Å². The van der Waals surface area contributed by atoms with Crippen LogP contribution in [0.2, 0.25) is 0 Å². The van der Waals surface area contributed by atoms with Crippen LogP contribution in [-0.2, 0) is 19.1 Å². The molecule has 4 rings (SSSR count). The van der Waals surface area contributed by atoms with Crippen molar-refractivity contribution in [2.45, 2.75) is 58.0 Å². The second-order valence-electron chi connectivity index (χ2n) is 8.68. The largest absolute Gasteiger partial charge is 0.461 e. The fourth-order valence-electron chi connectivity index (χ4n) is 5.91. The quantitative estimate of drug-likeness (QED) is 0.623. The van der Waals surface area contributed by atoms with E-state index in [9.17, 15) is 24.9 Å². The number of rotatable bonds is 3. The third-order valence-electron chi connectivity index (χ3n) is 7.43. The lowest BCUT2D eigenvalue weighted by atomic mass is 9.45. The van der Waals surface area contributed by atoms with Crippen LogP contribution in [-0.4, -0.2) is 52.4 Å². The van der Waals surface area contributed by atoms with Crippen LogP contribution in [0.5, 0.6) is 0 Å². The smallest absolute Gasteiger partial charge is 0.336 e. The van der Waals surface area contributed by atoms with Crippen LogP contribution in [0, 0.1) is 22.7 Å². The zero-order valence-electron chi connectivity index (χ0n) is 15.6. The van der Waals surface area contributed by atoms with E-state index in [1.807, 2.05) is 13.8 Å². The Morgan fingerprint density at radius 1 is 1.19 bits per heavy atom. The molecule has 7 nitrogen and oxygen atoms in total. The molecule has 0 bridgehead atoms. The fourth-order valence-corrected chi connectivity index (χ4v) is 5.91. The van der Waals surface area contributed by atoms with Crippen molar-refractivity contribution in [1.82, 2.24) is 0 Å². The maximum absolute atomic E-state index is 12.3. The number of cyclic esters (lactones) is 2. The third kappa shape index (κ3) is 2.59. The van der Waals surface area contributed by atoms with Crippen LogP contribution in [0.25, 0.3) is 0 Å².